The van der Waals surface area contributed by atoms with Gasteiger partial charge in [0, 0.05) is 0 Å². The van der Waals surface area contributed by atoms with Gasteiger partial charge in [0.05, 0.1) is 13.7 Å². The van der Waals surface area contributed by atoms with Gasteiger partial charge in [-0.05, 0) is 12.1 Å². The van der Waals surface area contributed by atoms with E-state index in [-0.39, 0.29) is 6.54 Å². The molecule has 2 N–H and O–H groups in total. The monoisotopic (exact) mass is 181 g/mol. The molecular formula is C9H11NO3. The number of esters is 1. The highest BCUT2D eigenvalue weighted by molar-refractivity contribution is 5.74. The van der Waals surface area contributed by atoms with Crippen molar-refractivity contribution in [1.82, 2.24) is 0 Å². The normalized spacial score (nSPS) is 9.38. The summed E-state index contributed by atoms with van der Waals surface area (Å²) < 4.78 is 9.87. The maximum Gasteiger partial charge on any atom is 0.325 e. The molecule has 0 aliphatic rings. The zero-order valence-corrected chi connectivity index (χ0v) is 7.32. The molecule has 0 spiro atoms. The summed E-state index contributed by atoms with van der Waals surface area (Å²) in [4.78, 5) is 10.8. The summed E-state index contributed by atoms with van der Waals surface area (Å²) in [5.74, 6) is 0.425. The molecule has 1 aromatic carbocycles. The molecule has 70 valence electrons. The van der Waals surface area contributed by atoms with Gasteiger partial charge < -0.3 is 15.2 Å². The highest BCUT2D eigenvalue weighted by atomic mass is 16.6. The van der Waals surface area contributed by atoms with Gasteiger partial charge in [-0.15, -0.1) is 0 Å². The van der Waals surface area contributed by atoms with Crippen LogP contribution in [0.3, 0.4) is 0 Å². The highest BCUT2D eigenvalue weighted by Gasteiger charge is 2.06. The molecule has 0 fully saturated rings. The number of methoxy groups -OCH3 is 1. The standard InChI is InChI=1S/C9H11NO3/c1-12-7-4-2-3-5-8(7)13-9(11)6-10/h2-5H,6,10H2,1H3. The van der Waals surface area contributed by atoms with E-state index in [2.05, 4.69) is 0 Å². The number of hydrogen-bond donors (Lipinski definition) is 1. The first-order valence-corrected chi connectivity index (χ1v) is 3.81. The zero-order chi connectivity index (χ0) is 9.68. The van der Waals surface area contributed by atoms with Gasteiger partial charge in [0.25, 0.3) is 0 Å². The number of carbonyl (C=O) groups is 1. The second-order valence-corrected chi connectivity index (χ2v) is 2.33. The van der Waals surface area contributed by atoms with Crippen molar-refractivity contribution in [3.8, 4) is 11.5 Å². The lowest BCUT2D eigenvalue weighted by molar-refractivity contribution is -0.132. The van der Waals surface area contributed by atoms with Crippen LogP contribution >= 0.6 is 0 Å². The van der Waals surface area contributed by atoms with E-state index >= 15 is 0 Å². The van der Waals surface area contributed by atoms with Gasteiger partial charge in [-0.2, -0.15) is 0 Å². The van der Waals surface area contributed by atoms with E-state index in [0.717, 1.165) is 0 Å². The molecule has 0 saturated carbocycles. The first kappa shape index (κ1) is 9.54. The summed E-state index contributed by atoms with van der Waals surface area (Å²) in [5.41, 5.74) is 5.10. The molecule has 0 aromatic heterocycles. The Morgan fingerprint density at radius 2 is 2.00 bits per heavy atom. The number of ether oxygens (including phenoxy) is 2. The van der Waals surface area contributed by atoms with Crippen molar-refractivity contribution in [3.05, 3.63) is 24.3 Å². The van der Waals surface area contributed by atoms with Gasteiger partial charge in [0.2, 0.25) is 0 Å². The number of para-hydroxylation sites is 2. The Kier molecular flexibility index (Phi) is 3.28. The number of rotatable bonds is 3. The molecule has 1 rings (SSSR count). The Morgan fingerprint density at radius 3 is 2.54 bits per heavy atom. The summed E-state index contributed by atoms with van der Waals surface area (Å²) >= 11 is 0. The summed E-state index contributed by atoms with van der Waals surface area (Å²) in [6.45, 7) is -0.141. The van der Waals surface area contributed by atoms with E-state index in [4.69, 9.17) is 15.2 Å². The van der Waals surface area contributed by atoms with Crippen molar-refractivity contribution in [2.45, 2.75) is 0 Å². The molecule has 0 amide bonds. The van der Waals surface area contributed by atoms with Crippen molar-refractivity contribution in [1.29, 1.82) is 0 Å². The second-order valence-electron chi connectivity index (χ2n) is 2.33. The van der Waals surface area contributed by atoms with E-state index in [1.807, 2.05) is 0 Å². The smallest absolute Gasteiger partial charge is 0.325 e. The molecule has 1 aromatic rings. The van der Waals surface area contributed by atoms with Crippen LogP contribution in [-0.2, 0) is 4.79 Å². The van der Waals surface area contributed by atoms with Crippen molar-refractivity contribution >= 4 is 5.97 Å². The van der Waals surface area contributed by atoms with E-state index < -0.39 is 5.97 Å². The lowest BCUT2D eigenvalue weighted by atomic mass is 10.3. The average molecular weight is 181 g/mol. The minimum Gasteiger partial charge on any atom is -0.493 e. The fourth-order valence-corrected chi connectivity index (χ4v) is 0.867. The average Bonchev–Trinajstić information content (AvgIpc) is 2.18. The Morgan fingerprint density at radius 1 is 1.38 bits per heavy atom. The summed E-state index contributed by atoms with van der Waals surface area (Å²) in [5, 5.41) is 0. The number of carbonyl (C=O) groups excluding carboxylic acids is 1. The lowest BCUT2D eigenvalue weighted by Crippen LogP contribution is -2.19. The van der Waals surface area contributed by atoms with E-state index in [1.165, 1.54) is 7.11 Å². The first-order chi connectivity index (χ1) is 6.27. The quantitative estimate of drug-likeness (QED) is 0.546. The van der Waals surface area contributed by atoms with Crippen molar-refractivity contribution < 1.29 is 14.3 Å². The third-order valence-corrected chi connectivity index (χ3v) is 1.46. The van der Waals surface area contributed by atoms with Crippen LogP contribution < -0.4 is 15.2 Å². The van der Waals surface area contributed by atoms with E-state index in [0.29, 0.717) is 11.5 Å². The SMILES string of the molecule is COc1ccccc1OC(=O)CN. The minimum atomic E-state index is -0.482. The first-order valence-electron chi connectivity index (χ1n) is 3.81. The van der Waals surface area contributed by atoms with Gasteiger partial charge in [-0.1, -0.05) is 12.1 Å². The Hall–Kier alpha value is -1.55. The molecule has 4 nitrogen and oxygen atoms in total. The summed E-state index contributed by atoms with van der Waals surface area (Å²) in [6.07, 6.45) is 0. The van der Waals surface area contributed by atoms with Crippen LogP contribution in [0.4, 0.5) is 0 Å². The van der Waals surface area contributed by atoms with Crippen LogP contribution in [0, 0.1) is 0 Å². The van der Waals surface area contributed by atoms with Gasteiger partial charge in [-0.25, -0.2) is 0 Å². The third-order valence-electron chi connectivity index (χ3n) is 1.46. The van der Waals surface area contributed by atoms with Crippen LogP contribution in [0.5, 0.6) is 11.5 Å². The predicted octanol–water partition coefficient (Wildman–Crippen LogP) is 0.559. The maximum absolute atomic E-state index is 10.8. The number of nitrogens with two attached hydrogens (primary N) is 1. The van der Waals surface area contributed by atoms with Gasteiger partial charge in [0.1, 0.15) is 0 Å². The molecule has 0 heterocycles. The molecule has 13 heavy (non-hydrogen) atoms. The molecule has 0 atom stereocenters. The molecule has 0 aliphatic heterocycles. The number of hydrogen-bond acceptors (Lipinski definition) is 4. The maximum atomic E-state index is 10.8. The molecule has 0 radical (unpaired) electrons. The van der Waals surface area contributed by atoms with Crippen molar-refractivity contribution in [3.63, 3.8) is 0 Å². The molecule has 0 bridgehead atoms. The van der Waals surface area contributed by atoms with Crippen LogP contribution in [0.1, 0.15) is 0 Å². The minimum absolute atomic E-state index is 0.141. The van der Waals surface area contributed by atoms with Crippen molar-refractivity contribution in [2.75, 3.05) is 13.7 Å². The molecular weight excluding hydrogens is 170 g/mol. The summed E-state index contributed by atoms with van der Waals surface area (Å²) in [7, 11) is 1.51. The fourth-order valence-electron chi connectivity index (χ4n) is 0.867. The lowest BCUT2D eigenvalue weighted by Gasteiger charge is -2.06. The van der Waals surface area contributed by atoms with Gasteiger partial charge >= 0.3 is 5.97 Å². The molecule has 4 heteroatoms. The predicted molar refractivity (Wildman–Crippen MR) is 47.7 cm³/mol. The van der Waals surface area contributed by atoms with Crippen molar-refractivity contribution in [2.24, 2.45) is 5.73 Å². The van der Waals surface area contributed by atoms with Crippen LogP contribution in [0.2, 0.25) is 0 Å². The second kappa shape index (κ2) is 4.47. The topological polar surface area (TPSA) is 61.5 Å². The number of benzene rings is 1. The molecule has 0 unspecified atom stereocenters. The fraction of sp³-hybridized carbons (Fsp3) is 0.222. The Labute approximate surface area is 76.3 Å². The summed E-state index contributed by atoms with van der Waals surface area (Å²) in [6, 6.07) is 6.89. The van der Waals surface area contributed by atoms with Gasteiger partial charge in [-0.3, -0.25) is 4.79 Å². The largest absolute Gasteiger partial charge is 0.493 e. The third kappa shape index (κ3) is 2.45. The molecule has 0 saturated heterocycles. The van der Waals surface area contributed by atoms with Gasteiger partial charge in [0.15, 0.2) is 11.5 Å². The molecule has 0 aliphatic carbocycles. The zero-order valence-electron chi connectivity index (χ0n) is 7.32. The Balaban J connectivity index is 2.81. The van der Waals surface area contributed by atoms with E-state index in [1.54, 1.807) is 24.3 Å². The van der Waals surface area contributed by atoms with Crippen LogP contribution in [0.25, 0.3) is 0 Å². The van der Waals surface area contributed by atoms with Crippen LogP contribution in [-0.4, -0.2) is 19.6 Å². The van der Waals surface area contributed by atoms with Crippen LogP contribution in [0.15, 0.2) is 24.3 Å². The van der Waals surface area contributed by atoms with E-state index in [9.17, 15) is 4.79 Å². The Bertz CT molecular complexity index is 299. The highest BCUT2D eigenvalue weighted by Crippen LogP contribution is 2.25.